The Labute approximate surface area is 136 Å². The molecule has 0 saturated heterocycles. The number of amides is 1. The average molecular weight is 320 g/mol. The number of carbonyl (C=O) groups is 1. The Hall–Kier alpha value is -1.95. The molecule has 0 bridgehead atoms. The van der Waals surface area contributed by atoms with Crippen LogP contribution in [0.2, 0.25) is 0 Å². The highest BCUT2D eigenvalue weighted by Crippen LogP contribution is 2.34. The molecule has 0 heterocycles. The number of likely N-dealkylation sites (N-methyl/N-ethyl adjacent to an activating group) is 1. The van der Waals surface area contributed by atoms with E-state index in [1.807, 2.05) is 20.8 Å². The maximum atomic E-state index is 12.5. The van der Waals surface area contributed by atoms with Crippen molar-refractivity contribution in [2.75, 3.05) is 13.6 Å². The summed E-state index contributed by atoms with van der Waals surface area (Å²) in [6.45, 7) is 5.94. The van der Waals surface area contributed by atoms with Gasteiger partial charge in [-0.3, -0.25) is 14.9 Å². The van der Waals surface area contributed by atoms with E-state index in [-0.39, 0.29) is 35.0 Å². The van der Waals surface area contributed by atoms with E-state index in [0.29, 0.717) is 5.56 Å². The molecule has 23 heavy (non-hydrogen) atoms. The van der Waals surface area contributed by atoms with Crippen LogP contribution in [0.15, 0.2) is 18.2 Å². The van der Waals surface area contributed by atoms with E-state index >= 15 is 0 Å². The average Bonchev–Trinajstić information content (AvgIpc) is 3.29. The van der Waals surface area contributed by atoms with E-state index in [4.69, 9.17) is 0 Å². The van der Waals surface area contributed by atoms with E-state index in [9.17, 15) is 20.0 Å². The number of nitrogens with zero attached hydrogens (tertiary/aromatic N) is 2. The number of hydrogen-bond acceptors (Lipinski definition) is 4. The number of aliphatic hydroxyl groups is 1. The Balaban J connectivity index is 2.23. The van der Waals surface area contributed by atoms with Crippen molar-refractivity contribution in [2.24, 2.45) is 5.92 Å². The molecular formula is C17H24N2O4. The Bertz CT molecular complexity index is 618. The van der Waals surface area contributed by atoms with E-state index < -0.39 is 11.0 Å². The summed E-state index contributed by atoms with van der Waals surface area (Å²) in [4.78, 5) is 24.8. The molecule has 1 saturated carbocycles. The van der Waals surface area contributed by atoms with Crippen molar-refractivity contribution in [3.05, 3.63) is 39.4 Å². The lowest BCUT2D eigenvalue weighted by atomic mass is 9.85. The third kappa shape index (κ3) is 4.07. The van der Waals surface area contributed by atoms with Crippen molar-refractivity contribution >= 4 is 11.6 Å². The number of carbonyl (C=O) groups excluding carboxylic acids is 1. The van der Waals surface area contributed by atoms with Crippen LogP contribution < -0.4 is 0 Å². The standard InChI is InChI=1S/C17H24N2O4/c1-17(2,3)13-8-7-12(9-14(13)19(22)23)16(21)18(4)10-15(20)11-5-6-11/h7-9,11,15,20H,5-6,10H2,1-4H3. The second-order valence-corrected chi connectivity index (χ2v) is 7.33. The van der Waals surface area contributed by atoms with Crippen LogP contribution in [0.3, 0.4) is 0 Å². The highest BCUT2D eigenvalue weighted by molar-refractivity contribution is 5.95. The number of aliphatic hydroxyl groups excluding tert-OH is 1. The number of hydrogen-bond donors (Lipinski definition) is 1. The summed E-state index contributed by atoms with van der Waals surface area (Å²) >= 11 is 0. The van der Waals surface area contributed by atoms with Crippen LogP contribution in [0, 0.1) is 16.0 Å². The fourth-order valence-corrected chi connectivity index (χ4v) is 2.66. The summed E-state index contributed by atoms with van der Waals surface area (Å²) in [5.41, 5.74) is 0.451. The monoisotopic (exact) mass is 320 g/mol. The van der Waals surface area contributed by atoms with Gasteiger partial charge in [-0.05, 0) is 30.2 Å². The van der Waals surface area contributed by atoms with E-state index in [2.05, 4.69) is 0 Å². The van der Waals surface area contributed by atoms with Gasteiger partial charge in [0.25, 0.3) is 11.6 Å². The highest BCUT2D eigenvalue weighted by atomic mass is 16.6. The van der Waals surface area contributed by atoms with Gasteiger partial charge < -0.3 is 10.0 Å². The van der Waals surface area contributed by atoms with Crippen LogP contribution in [-0.2, 0) is 5.41 Å². The predicted molar refractivity (Wildman–Crippen MR) is 87.5 cm³/mol. The largest absolute Gasteiger partial charge is 0.391 e. The summed E-state index contributed by atoms with van der Waals surface area (Å²) in [6.07, 6.45) is 1.47. The van der Waals surface area contributed by atoms with Crippen molar-refractivity contribution < 1.29 is 14.8 Å². The molecule has 6 heteroatoms. The first kappa shape index (κ1) is 17.4. The molecule has 1 aromatic carbocycles. The molecule has 0 spiro atoms. The molecule has 1 amide bonds. The first-order valence-corrected chi connectivity index (χ1v) is 7.83. The Morgan fingerprint density at radius 3 is 2.52 bits per heavy atom. The molecule has 0 aliphatic heterocycles. The molecule has 0 radical (unpaired) electrons. The van der Waals surface area contributed by atoms with Crippen LogP contribution in [0.5, 0.6) is 0 Å². The molecule has 126 valence electrons. The van der Waals surface area contributed by atoms with Crippen LogP contribution in [0.25, 0.3) is 0 Å². The molecule has 1 unspecified atom stereocenters. The molecular weight excluding hydrogens is 296 g/mol. The minimum Gasteiger partial charge on any atom is -0.391 e. The van der Waals surface area contributed by atoms with Gasteiger partial charge in [-0.25, -0.2) is 0 Å². The fraction of sp³-hybridized carbons (Fsp3) is 0.588. The van der Waals surface area contributed by atoms with Crippen molar-refractivity contribution in [3.8, 4) is 0 Å². The van der Waals surface area contributed by atoms with E-state index in [0.717, 1.165) is 12.8 Å². The fourth-order valence-electron chi connectivity index (χ4n) is 2.66. The van der Waals surface area contributed by atoms with Gasteiger partial charge in [0.1, 0.15) is 0 Å². The topological polar surface area (TPSA) is 83.7 Å². The number of rotatable bonds is 5. The second-order valence-electron chi connectivity index (χ2n) is 7.33. The van der Waals surface area contributed by atoms with Crippen LogP contribution in [-0.4, -0.2) is 40.5 Å². The molecule has 1 aromatic rings. The van der Waals surface area contributed by atoms with Gasteiger partial charge >= 0.3 is 0 Å². The molecule has 1 aliphatic carbocycles. The Kier molecular flexibility index (Phi) is 4.75. The van der Waals surface area contributed by atoms with Crippen molar-refractivity contribution in [2.45, 2.75) is 45.1 Å². The van der Waals surface area contributed by atoms with Crippen LogP contribution >= 0.6 is 0 Å². The maximum absolute atomic E-state index is 12.5. The second kappa shape index (κ2) is 6.28. The number of benzene rings is 1. The van der Waals surface area contributed by atoms with Crippen molar-refractivity contribution in [1.29, 1.82) is 0 Å². The zero-order valence-electron chi connectivity index (χ0n) is 14.1. The van der Waals surface area contributed by atoms with Gasteiger partial charge in [0, 0.05) is 30.8 Å². The molecule has 1 N–H and O–H groups in total. The zero-order chi connectivity index (χ0) is 17.4. The van der Waals surface area contributed by atoms with Gasteiger partial charge in [0.15, 0.2) is 0 Å². The van der Waals surface area contributed by atoms with Gasteiger partial charge in [-0.15, -0.1) is 0 Å². The minimum absolute atomic E-state index is 0.0421. The predicted octanol–water partition coefficient (Wildman–Crippen LogP) is 2.74. The van der Waals surface area contributed by atoms with Crippen molar-refractivity contribution in [1.82, 2.24) is 4.90 Å². The summed E-state index contributed by atoms with van der Waals surface area (Å²) in [5.74, 6) is -0.0314. The zero-order valence-corrected chi connectivity index (χ0v) is 14.1. The van der Waals surface area contributed by atoms with Gasteiger partial charge in [0.05, 0.1) is 11.0 Å². The van der Waals surface area contributed by atoms with Crippen LogP contribution in [0.1, 0.15) is 49.5 Å². The lowest BCUT2D eigenvalue weighted by Crippen LogP contribution is -2.35. The van der Waals surface area contributed by atoms with E-state index in [1.165, 1.54) is 11.0 Å². The first-order valence-electron chi connectivity index (χ1n) is 7.83. The maximum Gasteiger partial charge on any atom is 0.273 e. The molecule has 1 atom stereocenters. The Morgan fingerprint density at radius 2 is 2.04 bits per heavy atom. The van der Waals surface area contributed by atoms with Gasteiger partial charge in [0.2, 0.25) is 0 Å². The summed E-state index contributed by atoms with van der Waals surface area (Å²) in [7, 11) is 1.61. The quantitative estimate of drug-likeness (QED) is 0.668. The number of nitro benzene ring substituents is 1. The lowest BCUT2D eigenvalue weighted by molar-refractivity contribution is -0.386. The minimum atomic E-state index is -0.521. The molecule has 2 rings (SSSR count). The normalized spacial score (nSPS) is 16.0. The third-order valence-corrected chi connectivity index (χ3v) is 4.22. The third-order valence-electron chi connectivity index (χ3n) is 4.22. The smallest absolute Gasteiger partial charge is 0.273 e. The molecule has 1 fully saturated rings. The molecule has 1 aliphatic rings. The molecule has 6 nitrogen and oxygen atoms in total. The summed E-state index contributed by atoms with van der Waals surface area (Å²) in [6, 6.07) is 4.61. The van der Waals surface area contributed by atoms with Gasteiger partial charge in [-0.1, -0.05) is 26.8 Å². The molecule has 0 aromatic heterocycles. The summed E-state index contributed by atoms with van der Waals surface area (Å²) < 4.78 is 0. The summed E-state index contributed by atoms with van der Waals surface area (Å²) in [5, 5.41) is 21.3. The van der Waals surface area contributed by atoms with Crippen molar-refractivity contribution in [3.63, 3.8) is 0 Å². The Morgan fingerprint density at radius 1 is 1.43 bits per heavy atom. The number of nitro groups is 1. The SMILES string of the molecule is CN(CC(O)C1CC1)C(=O)c1ccc(C(C)(C)C)c([N+](=O)[O-])c1. The van der Waals surface area contributed by atoms with E-state index in [1.54, 1.807) is 19.2 Å². The highest BCUT2D eigenvalue weighted by Gasteiger charge is 2.32. The van der Waals surface area contributed by atoms with Crippen LogP contribution in [0.4, 0.5) is 5.69 Å². The first-order chi connectivity index (χ1) is 10.6. The van der Waals surface area contributed by atoms with Gasteiger partial charge in [-0.2, -0.15) is 0 Å². The lowest BCUT2D eigenvalue weighted by Gasteiger charge is -2.22.